The Morgan fingerprint density at radius 2 is 1.63 bits per heavy atom. The van der Waals surface area contributed by atoms with Crippen molar-refractivity contribution >= 4 is 39.7 Å². The average Bonchev–Trinajstić information content (AvgIpc) is 3.19. The van der Waals surface area contributed by atoms with Crippen molar-refractivity contribution in [3.63, 3.8) is 0 Å². The van der Waals surface area contributed by atoms with Gasteiger partial charge in [-0.25, -0.2) is 4.98 Å². The first kappa shape index (κ1) is 20.2. The van der Waals surface area contributed by atoms with Gasteiger partial charge in [-0.15, -0.1) is 0 Å². The summed E-state index contributed by atoms with van der Waals surface area (Å²) in [7, 11) is 0. The molecule has 1 aliphatic rings. The van der Waals surface area contributed by atoms with Crippen LogP contribution in [-0.2, 0) is 4.79 Å². The molecule has 2 aromatic carbocycles. The van der Waals surface area contributed by atoms with Crippen LogP contribution in [0.5, 0.6) is 0 Å². The molecule has 2 heterocycles. The predicted octanol–water partition coefficient (Wildman–Crippen LogP) is 2.56. The zero-order chi connectivity index (χ0) is 18.3. The van der Waals surface area contributed by atoms with Gasteiger partial charge in [-0.1, -0.05) is 64.9 Å². The minimum Gasteiger partial charge on any atom is -0.272 e. The van der Waals surface area contributed by atoms with Crippen molar-refractivity contribution in [2.75, 3.05) is 5.01 Å². The normalized spacial score (nSPS) is 13.5. The second kappa shape index (κ2) is 8.25. The topological polar surface area (TPSA) is 45.6 Å². The number of hydrogen-bond acceptors (Lipinski definition) is 4. The van der Waals surface area contributed by atoms with E-state index in [1.165, 1.54) is 21.9 Å². The van der Waals surface area contributed by atoms with Gasteiger partial charge in [-0.05, 0) is 31.5 Å². The van der Waals surface area contributed by atoms with E-state index in [0.717, 1.165) is 27.4 Å². The molecule has 3 aromatic rings. The van der Waals surface area contributed by atoms with E-state index in [4.69, 9.17) is 16.6 Å². The summed E-state index contributed by atoms with van der Waals surface area (Å²) in [6, 6.07) is 15.9. The zero-order valence-electron chi connectivity index (χ0n) is 15.4. The van der Waals surface area contributed by atoms with E-state index in [0.29, 0.717) is 16.6 Å². The van der Waals surface area contributed by atoms with Gasteiger partial charge >= 0.3 is 29.6 Å². The van der Waals surface area contributed by atoms with E-state index < -0.39 is 0 Å². The van der Waals surface area contributed by atoms with Gasteiger partial charge < -0.3 is 0 Å². The Labute approximate surface area is 189 Å². The number of halogens is 1. The van der Waals surface area contributed by atoms with Gasteiger partial charge in [0, 0.05) is 16.3 Å². The van der Waals surface area contributed by atoms with Gasteiger partial charge in [0.05, 0.1) is 17.0 Å². The van der Waals surface area contributed by atoms with Crippen LogP contribution < -0.4 is 34.6 Å². The largest absolute Gasteiger partial charge is 1.00 e. The third-order valence-corrected chi connectivity index (χ3v) is 5.47. The maximum Gasteiger partial charge on any atom is 1.00 e. The summed E-state index contributed by atoms with van der Waals surface area (Å²) in [4.78, 5) is 18.0. The standard InChI is InChI=1S/C20H16ClN3OS.Na/c1-12-3-5-15(6-4-12)19-18(14-7-9-16(21)10-8-14)22-20(26-19)24-17(25)11-13(2)23-24;/h3-10H,11H2,1-2H3;/q;+1. The number of rotatable bonds is 3. The molecule has 1 aromatic heterocycles. The fraction of sp³-hybridized carbons (Fsp3) is 0.150. The van der Waals surface area contributed by atoms with Crippen LogP contribution in [0.15, 0.2) is 53.6 Å². The molecule has 0 N–H and O–H groups in total. The van der Waals surface area contributed by atoms with Gasteiger partial charge in [0.1, 0.15) is 0 Å². The van der Waals surface area contributed by atoms with Crippen LogP contribution in [0.25, 0.3) is 21.7 Å². The number of anilines is 1. The summed E-state index contributed by atoms with van der Waals surface area (Å²) >= 11 is 7.50. The van der Waals surface area contributed by atoms with Crippen molar-refractivity contribution in [2.24, 2.45) is 5.10 Å². The van der Waals surface area contributed by atoms with Crippen molar-refractivity contribution < 1.29 is 34.4 Å². The van der Waals surface area contributed by atoms with E-state index in [2.05, 4.69) is 36.3 Å². The number of nitrogens with zero attached hydrogens (tertiary/aromatic N) is 3. The summed E-state index contributed by atoms with van der Waals surface area (Å²) < 4.78 is 0. The van der Waals surface area contributed by atoms with Crippen molar-refractivity contribution in [1.82, 2.24) is 4.98 Å². The van der Waals surface area contributed by atoms with Crippen LogP contribution in [0.2, 0.25) is 5.02 Å². The average molecular weight is 405 g/mol. The maximum absolute atomic E-state index is 12.2. The molecule has 0 bridgehead atoms. The van der Waals surface area contributed by atoms with E-state index in [1.807, 2.05) is 31.2 Å². The van der Waals surface area contributed by atoms with Gasteiger partial charge in [0.25, 0.3) is 5.91 Å². The minimum absolute atomic E-state index is 0. The minimum atomic E-state index is -0.0469. The molecular formula is C20H16ClN3NaOS+. The first-order valence-electron chi connectivity index (χ1n) is 8.22. The fourth-order valence-corrected chi connectivity index (χ4v) is 4.00. The van der Waals surface area contributed by atoms with Gasteiger partial charge in [-0.3, -0.25) is 4.79 Å². The molecule has 0 unspecified atom stereocenters. The first-order chi connectivity index (χ1) is 12.5. The molecule has 7 heteroatoms. The third-order valence-electron chi connectivity index (χ3n) is 4.14. The Morgan fingerprint density at radius 3 is 2.22 bits per heavy atom. The second-order valence-electron chi connectivity index (χ2n) is 6.26. The molecule has 0 fully saturated rings. The number of hydrazone groups is 1. The summed E-state index contributed by atoms with van der Waals surface area (Å²) in [5.74, 6) is -0.0469. The summed E-state index contributed by atoms with van der Waals surface area (Å²) in [5.41, 5.74) is 4.85. The van der Waals surface area contributed by atoms with Crippen LogP contribution in [0.3, 0.4) is 0 Å². The molecule has 0 radical (unpaired) electrons. The molecule has 4 nitrogen and oxygen atoms in total. The first-order valence-corrected chi connectivity index (χ1v) is 9.41. The molecule has 1 aliphatic heterocycles. The van der Waals surface area contributed by atoms with Crippen molar-refractivity contribution in [1.29, 1.82) is 0 Å². The Bertz CT molecular complexity index is 950. The Kier molecular flexibility index (Phi) is 6.18. The number of aromatic nitrogens is 1. The number of benzene rings is 2. The van der Waals surface area contributed by atoms with Crippen LogP contribution in [0, 0.1) is 6.92 Å². The number of carbonyl (C=O) groups excluding carboxylic acids is 1. The Hall–Kier alpha value is -1.50. The third kappa shape index (κ3) is 4.18. The van der Waals surface area contributed by atoms with Crippen molar-refractivity contribution in [3.8, 4) is 21.7 Å². The molecule has 0 saturated carbocycles. The molecule has 130 valence electrons. The number of hydrogen-bond donors (Lipinski definition) is 0. The van der Waals surface area contributed by atoms with Crippen LogP contribution in [0.4, 0.5) is 5.13 Å². The Balaban J connectivity index is 0.00000210. The number of carbonyl (C=O) groups is 1. The van der Waals surface area contributed by atoms with Gasteiger partial charge in [0.15, 0.2) is 0 Å². The Morgan fingerprint density at radius 1 is 1.00 bits per heavy atom. The molecule has 0 aliphatic carbocycles. The molecular weight excluding hydrogens is 389 g/mol. The predicted molar refractivity (Wildman–Crippen MR) is 108 cm³/mol. The molecule has 27 heavy (non-hydrogen) atoms. The quantitative estimate of drug-likeness (QED) is 0.630. The van der Waals surface area contributed by atoms with Gasteiger partial charge in [-0.2, -0.15) is 10.1 Å². The molecule has 4 rings (SSSR count). The van der Waals surface area contributed by atoms with E-state index in [1.54, 1.807) is 0 Å². The fourth-order valence-electron chi connectivity index (χ4n) is 2.81. The van der Waals surface area contributed by atoms with Crippen LogP contribution in [-0.4, -0.2) is 16.6 Å². The molecule has 1 amide bonds. The maximum atomic E-state index is 12.2. The van der Waals surface area contributed by atoms with E-state index in [-0.39, 0.29) is 35.5 Å². The number of amides is 1. The smallest absolute Gasteiger partial charge is 0.272 e. The van der Waals surface area contributed by atoms with E-state index >= 15 is 0 Å². The van der Waals surface area contributed by atoms with Crippen molar-refractivity contribution in [2.45, 2.75) is 20.3 Å². The number of thiazole rings is 1. The number of aryl methyl sites for hydroxylation is 1. The zero-order valence-corrected chi connectivity index (χ0v) is 18.9. The van der Waals surface area contributed by atoms with Crippen LogP contribution in [0.1, 0.15) is 18.9 Å². The monoisotopic (exact) mass is 404 g/mol. The van der Waals surface area contributed by atoms with Crippen LogP contribution >= 0.6 is 22.9 Å². The summed E-state index contributed by atoms with van der Waals surface area (Å²) in [6.45, 7) is 3.91. The summed E-state index contributed by atoms with van der Waals surface area (Å²) in [6.07, 6.45) is 0.343. The summed E-state index contributed by atoms with van der Waals surface area (Å²) in [5, 5.41) is 7.02. The van der Waals surface area contributed by atoms with E-state index in [9.17, 15) is 4.79 Å². The van der Waals surface area contributed by atoms with Crippen molar-refractivity contribution in [3.05, 3.63) is 59.1 Å². The second-order valence-corrected chi connectivity index (χ2v) is 7.68. The molecule has 0 atom stereocenters. The SMILES string of the molecule is CC1=NN(c2nc(-c3ccc(Cl)cc3)c(-c3ccc(C)cc3)s2)C(=O)C1.[Na+]. The molecule has 0 saturated heterocycles. The van der Waals surface area contributed by atoms with Gasteiger partial charge in [0.2, 0.25) is 5.13 Å². The molecule has 0 spiro atoms.